The van der Waals surface area contributed by atoms with E-state index in [1.807, 2.05) is 11.8 Å². The van der Waals surface area contributed by atoms with Crippen LogP contribution in [0.15, 0.2) is 4.47 Å². The van der Waals surface area contributed by atoms with E-state index in [9.17, 15) is 9.59 Å². The molecule has 2 saturated heterocycles. The monoisotopic (exact) mass is 384 g/mol. The van der Waals surface area contributed by atoms with Gasteiger partial charge >= 0.3 is 6.09 Å². The van der Waals surface area contributed by atoms with Gasteiger partial charge in [-0.2, -0.15) is 5.10 Å². The van der Waals surface area contributed by atoms with Gasteiger partial charge in [-0.25, -0.2) is 4.79 Å². The number of carbonyl (C=O) groups excluding carboxylic acids is 1. The summed E-state index contributed by atoms with van der Waals surface area (Å²) in [5.74, 6) is -0.0127. The number of likely N-dealkylation sites (tertiary alicyclic amines) is 2. The van der Waals surface area contributed by atoms with E-state index in [1.165, 1.54) is 4.90 Å². The van der Waals surface area contributed by atoms with E-state index in [0.29, 0.717) is 31.6 Å². The highest BCUT2D eigenvalue weighted by atomic mass is 79.9. The summed E-state index contributed by atoms with van der Waals surface area (Å²) >= 11 is 3.47. The number of amides is 2. The van der Waals surface area contributed by atoms with Crippen molar-refractivity contribution in [2.24, 2.45) is 7.05 Å². The molecule has 126 valence electrons. The SMILES string of the molecule is Cc1nn(C)c(C(=O)N2CCCC23CCN(C(=O)O)CC3)c1Br. The van der Waals surface area contributed by atoms with Crippen LogP contribution in [0.5, 0.6) is 0 Å². The number of piperidine rings is 1. The molecule has 2 fully saturated rings. The fourth-order valence-electron chi connectivity index (χ4n) is 3.88. The maximum Gasteiger partial charge on any atom is 0.407 e. The van der Waals surface area contributed by atoms with Gasteiger partial charge in [0.15, 0.2) is 0 Å². The summed E-state index contributed by atoms with van der Waals surface area (Å²) in [5.41, 5.74) is 1.16. The first-order valence-corrected chi connectivity index (χ1v) is 8.64. The number of aromatic nitrogens is 2. The summed E-state index contributed by atoms with van der Waals surface area (Å²) in [6.45, 7) is 3.57. The fourth-order valence-corrected chi connectivity index (χ4v) is 4.39. The Bertz CT molecular complexity index is 649. The van der Waals surface area contributed by atoms with Gasteiger partial charge in [-0.3, -0.25) is 9.48 Å². The van der Waals surface area contributed by atoms with Crippen LogP contribution >= 0.6 is 15.9 Å². The number of hydrogen-bond donors (Lipinski definition) is 1. The van der Waals surface area contributed by atoms with E-state index in [0.717, 1.165) is 29.6 Å². The lowest BCUT2D eigenvalue weighted by molar-refractivity contribution is 0.0372. The Morgan fingerprint density at radius 2 is 1.87 bits per heavy atom. The largest absolute Gasteiger partial charge is 0.465 e. The quantitative estimate of drug-likeness (QED) is 0.804. The smallest absolute Gasteiger partial charge is 0.407 e. The lowest BCUT2D eigenvalue weighted by Crippen LogP contribution is -2.55. The van der Waals surface area contributed by atoms with Gasteiger partial charge in [0.05, 0.1) is 10.2 Å². The Balaban J connectivity index is 1.85. The van der Waals surface area contributed by atoms with Gasteiger partial charge in [-0.1, -0.05) is 0 Å². The lowest BCUT2D eigenvalue weighted by Gasteiger charge is -2.44. The normalized spacial score (nSPS) is 20.3. The van der Waals surface area contributed by atoms with Crippen molar-refractivity contribution < 1.29 is 14.7 Å². The molecule has 1 spiro atoms. The second-order valence-electron chi connectivity index (χ2n) is 6.43. The zero-order valence-electron chi connectivity index (χ0n) is 13.4. The van der Waals surface area contributed by atoms with Gasteiger partial charge in [0.25, 0.3) is 5.91 Å². The number of aryl methyl sites for hydroxylation is 2. The first-order chi connectivity index (χ1) is 10.9. The van der Waals surface area contributed by atoms with Crippen LogP contribution < -0.4 is 0 Å². The Morgan fingerprint density at radius 3 is 2.39 bits per heavy atom. The molecule has 1 N–H and O–H groups in total. The Kier molecular flexibility index (Phi) is 4.12. The van der Waals surface area contributed by atoms with Crippen molar-refractivity contribution in [1.29, 1.82) is 0 Å². The summed E-state index contributed by atoms with van der Waals surface area (Å²) in [5, 5.41) is 13.4. The highest BCUT2D eigenvalue weighted by molar-refractivity contribution is 9.10. The predicted octanol–water partition coefficient (Wildman–Crippen LogP) is 2.24. The Labute approximate surface area is 143 Å². The van der Waals surface area contributed by atoms with Crippen LogP contribution in [0.2, 0.25) is 0 Å². The van der Waals surface area contributed by atoms with Crippen LogP contribution in [-0.4, -0.2) is 61.9 Å². The predicted molar refractivity (Wildman–Crippen MR) is 87.5 cm³/mol. The topological polar surface area (TPSA) is 78.7 Å². The third-order valence-corrected chi connectivity index (χ3v) is 6.11. The molecule has 0 unspecified atom stereocenters. The molecular weight excluding hydrogens is 364 g/mol. The van der Waals surface area contributed by atoms with Crippen molar-refractivity contribution >= 4 is 27.9 Å². The molecule has 3 heterocycles. The van der Waals surface area contributed by atoms with Gasteiger partial charge in [-0.05, 0) is 48.5 Å². The Hall–Kier alpha value is -1.57. The highest BCUT2D eigenvalue weighted by Gasteiger charge is 2.47. The molecule has 2 aliphatic heterocycles. The summed E-state index contributed by atoms with van der Waals surface area (Å²) in [7, 11) is 1.78. The minimum atomic E-state index is -0.874. The molecule has 7 nitrogen and oxygen atoms in total. The molecule has 8 heteroatoms. The van der Waals surface area contributed by atoms with E-state index in [4.69, 9.17) is 5.11 Å². The number of carbonyl (C=O) groups is 2. The second kappa shape index (κ2) is 5.81. The standard InChI is InChI=1S/C15H21BrN4O3/c1-10-11(16)12(18(2)17-10)13(21)20-7-3-4-15(20)5-8-19(9-6-15)14(22)23/h3-9H2,1-2H3,(H,22,23). The van der Waals surface area contributed by atoms with Crippen molar-refractivity contribution in [2.75, 3.05) is 19.6 Å². The second-order valence-corrected chi connectivity index (χ2v) is 7.22. The summed E-state index contributed by atoms with van der Waals surface area (Å²) in [4.78, 5) is 27.6. The van der Waals surface area contributed by atoms with Crippen molar-refractivity contribution in [3.05, 3.63) is 15.9 Å². The molecular formula is C15H21BrN4O3. The first kappa shape index (κ1) is 16.3. The van der Waals surface area contributed by atoms with E-state index >= 15 is 0 Å². The van der Waals surface area contributed by atoms with E-state index in [2.05, 4.69) is 21.0 Å². The van der Waals surface area contributed by atoms with Crippen LogP contribution in [0.4, 0.5) is 4.79 Å². The van der Waals surface area contributed by atoms with Crippen molar-refractivity contribution in [3.63, 3.8) is 0 Å². The van der Waals surface area contributed by atoms with Crippen molar-refractivity contribution in [3.8, 4) is 0 Å². The molecule has 0 atom stereocenters. The summed E-state index contributed by atoms with van der Waals surface area (Å²) in [6.07, 6.45) is 2.45. The third kappa shape index (κ3) is 2.62. The molecule has 23 heavy (non-hydrogen) atoms. The van der Waals surface area contributed by atoms with Gasteiger partial charge in [0, 0.05) is 32.2 Å². The number of hydrogen-bond acceptors (Lipinski definition) is 3. The number of rotatable bonds is 1. The van der Waals surface area contributed by atoms with Crippen LogP contribution in [0.3, 0.4) is 0 Å². The average molecular weight is 385 g/mol. The molecule has 0 aromatic carbocycles. The maximum absolute atomic E-state index is 13.1. The van der Waals surface area contributed by atoms with Crippen molar-refractivity contribution in [1.82, 2.24) is 19.6 Å². The molecule has 1 aromatic heterocycles. The van der Waals surface area contributed by atoms with Crippen molar-refractivity contribution in [2.45, 2.75) is 38.1 Å². The summed E-state index contributed by atoms with van der Waals surface area (Å²) < 4.78 is 2.37. The molecule has 1 aromatic rings. The molecule has 2 aliphatic rings. The first-order valence-electron chi connectivity index (χ1n) is 7.85. The number of nitrogens with zero attached hydrogens (tertiary/aromatic N) is 4. The minimum Gasteiger partial charge on any atom is -0.465 e. The molecule has 0 aliphatic carbocycles. The molecule has 3 rings (SSSR count). The average Bonchev–Trinajstić information content (AvgIpc) is 3.01. The van der Waals surface area contributed by atoms with Crippen LogP contribution in [0.1, 0.15) is 41.9 Å². The fraction of sp³-hybridized carbons (Fsp3) is 0.667. The van der Waals surface area contributed by atoms with Crippen LogP contribution in [0.25, 0.3) is 0 Å². The third-order valence-electron chi connectivity index (χ3n) is 5.16. The van der Waals surface area contributed by atoms with Gasteiger partial charge < -0.3 is 14.9 Å². The number of halogens is 1. The highest BCUT2D eigenvalue weighted by Crippen LogP contribution is 2.40. The lowest BCUT2D eigenvalue weighted by atomic mass is 9.85. The van der Waals surface area contributed by atoms with Crippen LogP contribution in [-0.2, 0) is 7.05 Å². The molecule has 0 radical (unpaired) electrons. The maximum atomic E-state index is 13.1. The molecule has 0 bridgehead atoms. The summed E-state index contributed by atoms with van der Waals surface area (Å²) in [6, 6.07) is 0. The molecule has 2 amide bonds. The Morgan fingerprint density at radius 1 is 1.22 bits per heavy atom. The van der Waals surface area contributed by atoms with Gasteiger partial charge in [0.2, 0.25) is 0 Å². The minimum absolute atomic E-state index is 0.0127. The van der Waals surface area contributed by atoms with E-state index < -0.39 is 6.09 Å². The zero-order valence-corrected chi connectivity index (χ0v) is 15.0. The molecule has 0 saturated carbocycles. The van der Waals surface area contributed by atoms with Gasteiger partial charge in [-0.15, -0.1) is 0 Å². The van der Waals surface area contributed by atoms with Gasteiger partial charge in [0.1, 0.15) is 5.69 Å². The van der Waals surface area contributed by atoms with Crippen LogP contribution in [0, 0.1) is 6.92 Å². The van der Waals surface area contributed by atoms with E-state index in [1.54, 1.807) is 11.7 Å². The zero-order chi connectivity index (χ0) is 16.8. The van der Waals surface area contributed by atoms with E-state index in [-0.39, 0.29) is 11.4 Å². The number of carboxylic acid groups (broad SMARTS) is 1.